The van der Waals surface area contributed by atoms with E-state index in [2.05, 4.69) is 5.32 Å². The number of amides is 1. The molecule has 0 heterocycles. The molecule has 3 nitrogen and oxygen atoms in total. The van der Waals surface area contributed by atoms with Crippen molar-refractivity contribution in [1.82, 2.24) is 0 Å². The van der Waals surface area contributed by atoms with Crippen LogP contribution in [-0.2, 0) is 11.2 Å². The zero-order chi connectivity index (χ0) is 15.4. The molecule has 21 heavy (non-hydrogen) atoms. The van der Waals surface area contributed by atoms with Crippen molar-refractivity contribution in [2.24, 2.45) is 0 Å². The van der Waals surface area contributed by atoms with Gasteiger partial charge < -0.3 is 11.1 Å². The molecule has 0 aliphatic heterocycles. The molecule has 0 radical (unpaired) electrons. The maximum atomic E-state index is 12.0. The number of benzene rings is 2. The van der Waals surface area contributed by atoms with E-state index in [9.17, 15) is 4.79 Å². The smallest absolute Gasteiger partial charge is 0.224 e. The molecule has 0 atom stereocenters. The molecule has 0 aromatic heterocycles. The molecule has 0 unspecified atom stereocenters. The van der Waals surface area contributed by atoms with E-state index in [0.717, 1.165) is 5.56 Å². The molecule has 0 spiro atoms. The number of rotatable bonds is 4. The number of hydrogen-bond donors (Lipinski definition) is 2. The van der Waals surface area contributed by atoms with Gasteiger partial charge in [-0.1, -0.05) is 46.9 Å². The molecular formula is C15H13Cl3N2O. The monoisotopic (exact) mass is 342 g/mol. The van der Waals surface area contributed by atoms with Crippen LogP contribution in [0.3, 0.4) is 0 Å². The lowest BCUT2D eigenvalue weighted by Gasteiger charge is -2.10. The van der Waals surface area contributed by atoms with Gasteiger partial charge in [-0.15, -0.1) is 0 Å². The summed E-state index contributed by atoms with van der Waals surface area (Å²) in [4.78, 5) is 12.0. The van der Waals surface area contributed by atoms with E-state index in [1.54, 1.807) is 6.07 Å². The van der Waals surface area contributed by atoms with Gasteiger partial charge in [0.25, 0.3) is 0 Å². The second-order valence-electron chi connectivity index (χ2n) is 4.54. The van der Waals surface area contributed by atoms with Crippen molar-refractivity contribution >= 4 is 52.1 Å². The van der Waals surface area contributed by atoms with Crippen LogP contribution in [0, 0.1) is 0 Å². The average molecular weight is 344 g/mol. The molecule has 0 saturated carbocycles. The van der Waals surface area contributed by atoms with Crippen molar-refractivity contribution in [3.63, 3.8) is 0 Å². The second kappa shape index (κ2) is 7.03. The summed E-state index contributed by atoms with van der Waals surface area (Å²) in [6, 6.07) is 10.5. The number of nitrogens with one attached hydrogen (secondary N) is 1. The van der Waals surface area contributed by atoms with Gasteiger partial charge in [0, 0.05) is 17.1 Å². The van der Waals surface area contributed by atoms with Crippen molar-refractivity contribution in [3.05, 3.63) is 57.0 Å². The Morgan fingerprint density at radius 3 is 2.38 bits per heavy atom. The van der Waals surface area contributed by atoms with Crippen LogP contribution >= 0.6 is 34.8 Å². The van der Waals surface area contributed by atoms with Gasteiger partial charge in [0.05, 0.1) is 15.7 Å². The van der Waals surface area contributed by atoms with E-state index < -0.39 is 0 Å². The summed E-state index contributed by atoms with van der Waals surface area (Å²) in [5.74, 6) is -0.177. The zero-order valence-corrected chi connectivity index (χ0v) is 13.3. The molecule has 0 aliphatic carbocycles. The first kappa shape index (κ1) is 16.0. The van der Waals surface area contributed by atoms with Gasteiger partial charge in [0.15, 0.2) is 0 Å². The number of hydrogen-bond acceptors (Lipinski definition) is 2. The standard InChI is InChI=1S/C15H13Cl3N2O/c16-10-7-12(17)15(13(18)8-10)20-14(21)5-4-9-2-1-3-11(19)6-9/h1-3,6-8H,4-5,19H2,(H,20,21). The Balaban J connectivity index is 1.99. The Hall–Kier alpha value is -1.42. The summed E-state index contributed by atoms with van der Waals surface area (Å²) in [6.07, 6.45) is 0.887. The predicted octanol–water partition coefficient (Wildman–Crippen LogP) is 4.80. The van der Waals surface area contributed by atoms with E-state index in [1.165, 1.54) is 12.1 Å². The van der Waals surface area contributed by atoms with Gasteiger partial charge in [-0.2, -0.15) is 0 Å². The molecular weight excluding hydrogens is 331 g/mol. The van der Waals surface area contributed by atoms with Gasteiger partial charge >= 0.3 is 0 Å². The van der Waals surface area contributed by atoms with Crippen LogP contribution in [0.25, 0.3) is 0 Å². The van der Waals surface area contributed by atoms with E-state index in [1.807, 2.05) is 18.2 Å². The molecule has 110 valence electrons. The highest BCUT2D eigenvalue weighted by Crippen LogP contribution is 2.33. The first-order valence-corrected chi connectivity index (χ1v) is 7.38. The Labute approximate surface area is 138 Å². The fourth-order valence-corrected chi connectivity index (χ4v) is 2.78. The van der Waals surface area contributed by atoms with Crippen LogP contribution in [-0.4, -0.2) is 5.91 Å². The molecule has 3 N–H and O–H groups in total. The SMILES string of the molecule is Nc1cccc(CCC(=O)Nc2c(Cl)cc(Cl)cc2Cl)c1. The molecule has 0 bridgehead atoms. The lowest BCUT2D eigenvalue weighted by molar-refractivity contribution is -0.116. The van der Waals surface area contributed by atoms with Gasteiger partial charge in [0.1, 0.15) is 0 Å². The minimum Gasteiger partial charge on any atom is -0.399 e. The molecule has 0 fully saturated rings. The number of nitrogens with two attached hydrogens (primary N) is 1. The molecule has 1 amide bonds. The van der Waals surface area contributed by atoms with Crippen LogP contribution in [0.2, 0.25) is 15.1 Å². The largest absolute Gasteiger partial charge is 0.399 e. The van der Waals surface area contributed by atoms with Crippen LogP contribution in [0.15, 0.2) is 36.4 Å². The topological polar surface area (TPSA) is 55.1 Å². The molecule has 0 aliphatic rings. The Morgan fingerprint density at radius 2 is 1.76 bits per heavy atom. The van der Waals surface area contributed by atoms with Crippen molar-refractivity contribution in [3.8, 4) is 0 Å². The first-order valence-electron chi connectivity index (χ1n) is 6.24. The van der Waals surface area contributed by atoms with E-state index in [0.29, 0.717) is 39.3 Å². The Bertz CT molecular complexity index is 651. The molecule has 2 aromatic rings. The molecule has 6 heteroatoms. The number of halogens is 3. The minimum atomic E-state index is -0.177. The third-order valence-electron chi connectivity index (χ3n) is 2.86. The van der Waals surface area contributed by atoms with Crippen molar-refractivity contribution in [1.29, 1.82) is 0 Å². The second-order valence-corrected chi connectivity index (χ2v) is 5.79. The van der Waals surface area contributed by atoms with Gasteiger partial charge in [-0.25, -0.2) is 0 Å². The normalized spacial score (nSPS) is 10.4. The van der Waals surface area contributed by atoms with Crippen LogP contribution in [0.4, 0.5) is 11.4 Å². The third-order valence-corrected chi connectivity index (χ3v) is 3.68. The van der Waals surface area contributed by atoms with Gasteiger partial charge in [0.2, 0.25) is 5.91 Å². The highest BCUT2D eigenvalue weighted by atomic mass is 35.5. The summed E-state index contributed by atoms with van der Waals surface area (Å²) in [5.41, 5.74) is 7.75. The number of nitrogen functional groups attached to an aromatic ring is 1. The summed E-state index contributed by atoms with van der Waals surface area (Å²) in [5, 5.41) is 3.74. The number of aryl methyl sites for hydroxylation is 1. The lowest BCUT2D eigenvalue weighted by atomic mass is 10.1. The molecule has 2 rings (SSSR count). The van der Waals surface area contributed by atoms with Gasteiger partial charge in [-0.3, -0.25) is 4.79 Å². The zero-order valence-electron chi connectivity index (χ0n) is 11.0. The minimum absolute atomic E-state index is 0.177. The fourth-order valence-electron chi connectivity index (χ4n) is 1.87. The molecule has 0 saturated heterocycles. The summed E-state index contributed by atoms with van der Waals surface area (Å²) in [7, 11) is 0. The van der Waals surface area contributed by atoms with Gasteiger partial charge in [-0.05, 0) is 36.2 Å². The first-order chi connectivity index (χ1) is 9.95. The summed E-state index contributed by atoms with van der Waals surface area (Å²) >= 11 is 17.9. The quantitative estimate of drug-likeness (QED) is 0.783. The maximum absolute atomic E-state index is 12.0. The van der Waals surface area contributed by atoms with Crippen LogP contribution in [0.5, 0.6) is 0 Å². The van der Waals surface area contributed by atoms with Crippen molar-refractivity contribution < 1.29 is 4.79 Å². The highest BCUT2D eigenvalue weighted by molar-refractivity contribution is 6.42. The third kappa shape index (κ3) is 4.53. The van der Waals surface area contributed by atoms with E-state index >= 15 is 0 Å². The summed E-state index contributed by atoms with van der Waals surface area (Å²) in [6.45, 7) is 0. The highest BCUT2D eigenvalue weighted by Gasteiger charge is 2.11. The lowest BCUT2D eigenvalue weighted by Crippen LogP contribution is -2.13. The summed E-state index contributed by atoms with van der Waals surface area (Å²) < 4.78 is 0. The molecule has 2 aromatic carbocycles. The van der Waals surface area contributed by atoms with E-state index in [-0.39, 0.29) is 5.91 Å². The number of anilines is 2. The van der Waals surface area contributed by atoms with Crippen LogP contribution in [0.1, 0.15) is 12.0 Å². The number of carbonyl (C=O) groups is 1. The Kier molecular flexibility index (Phi) is 5.34. The van der Waals surface area contributed by atoms with E-state index in [4.69, 9.17) is 40.5 Å². The Morgan fingerprint density at radius 1 is 1.10 bits per heavy atom. The average Bonchev–Trinajstić information content (AvgIpc) is 2.40. The number of carbonyl (C=O) groups excluding carboxylic acids is 1. The fraction of sp³-hybridized carbons (Fsp3) is 0.133. The predicted molar refractivity (Wildman–Crippen MR) is 89.3 cm³/mol. The maximum Gasteiger partial charge on any atom is 0.224 e. The van der Waals surface area contributed by atoms with Crippen LogP contribution < -0.4 is 11.1 Å². The van der Waals surface area contributed by atoms with Crippen molar-refractivity contribution in [2.75, 3.05) is 11.1 Å². The van der Waals surface area contributed by atoms with Crippen molar-refractivity contribution in [2.45, 2.75) is 12.8 Å².